The van der Waals surface area contributed by atoms with Crippen molar-refractivity contribution in [2.45, 2.75) is 32.6 Å². The number of aryl methyl sites for hydroxylation is 1. The van der Waals surface area contributed by atoms with E-state index in [4.69, 9.17) is 10.7 Å². The van der Waals surface area contributed by atoms with Crippen molar-refractivity contribution in [2.24, 2.45) is 10.7 Å². The first-order valence-electron chi connectivity index (χ1n) is 10.6. The molecule has 5 rings (SSSR count). The predicted molar refractivity (Wildman–Crippen MR) is 123 cm³/mol. The lowest BCUT2D eigenvalue weighted by Crippen LogP contribution is -2.63. The number of primary amides is 1. The second kappa shape index (κ2) is 7.47. The van der Waals surface area contributed by atoms with Crippen LogP contribution in [0.5, 0.6) is 0 Å². The van der Waals surface area contributed by atoms with Crippen molar-refractivity contribution in [3.63, 3.8) is 0 Å². The van der Waals surface area contributed by atoms with Crippen LogP contribution in [0.25, 0.3) is 0 Å². The zero-order valence-corrected chi connectivity index (χ0v) is 18.6. The fourth-order valence-corrected chi connectivity index (χ4v) is 4.59. The summed E-state index contributed by atoms with van der Waals surface area (Å²) in [6.45, 7) is 4.10. The van der Waals surface area contributed by atoms with Gasteiger partial charge in [-0.15, -0.1) is 0 Å². The zero-order chi connectivity index (χ0) is 23.4. The van der Waals surface area contributed by atoms with Crippen molar-refractivity contribution in [3.05, 3.63) is 77.1 Å². The van der Waals surface area contributed by atoms with E-state index in [9.17, 15) is 14.4 Å². The van der Waals surface area contributed by atoms with E-state index in [0.717, 1.165) is 22.5 Å². The van der Waals surface area contributed by atoms with Gasteiger partial charge in [0, 0.05) is 30.2 Å². The van der Waals surface area contributed by atoms with Crippen molar-refractivity contribution in [2.75, 3.05) is 11.9 Å². The summed E-state index contributed by atoms with van der Waals surface area (Å²) in [5.41, 5.74) is 9.38. The van der Waals surface area contributed by atoms with Crippen LogP contribution < -0.4 is 10.6 Å². The SMILES string of the molecule is CC1=CN2C(=NC3C2C(=O)N(Cc2cccc(C)c2)C(=O)N3C)N1c1ccc(C(N)=O)cc1. The number of anilines is 1. The van der Waals surface area contributed by atoms with Gasteiger partial charge in [-0.05, 0) is 43.7 Å². The molecule has 0 spiro atoms. The standard InChI is InChI=1S/C24H24N6O3/c1-14-5-4-6-16(11-14)13-29-22(32)19-21(27(3)24(29)33)26-23-28(19)12-15(2)30(23)18-9-7-17(8-10-18)20(25)31/h4-12,19,21H,13H2,1-3H3,(H2,25,31). The topological polar surface area (TPSA) is 103 Å². The molecule has 33 heavy (non-hydrogen) atoms. The number of aliphatic imine (C=N–C) groups is 1. The van der Waals surface area contributed by atoms with Gasteiger partial charge in [0.25, 0.3) is 5.91 Å². The summed E-state index contributed by atoms with van der Waals surface area (Å²) >= 11 is 0. The minimum absolute atomic E-state index is 0.205. The number of guanidine groups is 1. The van der Waals surface area contributed by atoms with Crippen LogP contribution in [0.3, 0.4) is 0 Å². The summed E-state index contributed by atoms with van der Waals surface area (Å²) in [5.74, 6) is -0.210. The van der Waals surface area contributed by atoms with Crippen molar-refractivity contribution in [1.29, 1.82) is 0 Å². The third kappa shape index (κ3) is 3.24. The molecule has 0 aromatic heterocycles. The van der Waals surface area contributed by atoms with E-state index in [2.05, 4.69) is 0 Å². The highest BCUT2D eigenvalue weighted by Crippen LogP contribution is 2.36. The van der Waals surface area contributed by atoms with Crippen LogP contribution in [-0.2, 0) is 11.3 Å². The maximum absolute atomic E-state index is 13.5. The van der Waals surface area contributed by atoms with Gasteiger partial charge in [0.05, 0.1) is 6.54 Å². The Morgan fingerprint density at radius 2 is 1.82 bits per heavy atom. The number of allylic oxidation sites excluding steroid dienone is 1. The van der Waals surface area contributed by atoms with Gasteiger partial charge in [0.1, 0.15) is 0 Å². The molecule has 3 heterocycles. The monoisotopic (exact) mass is 444 g/mol. The lowest BCUT2D eigenvalue weighted by atomic mass is 10.1. The van der Waals surface area contributed by atoms with E-state index in [1.54, 1.807) is 31.3 Å². The van der Waals surface area contributed by atoms with Gasteiger partial charge in [0.15, 0.2) is 12.2 Å². The Kier molecular flexibility index (Phi) is 4.70. The van der Waals surface area contributed by atoms with Gasteiger partial charge < -0.3 is 15.5 Å². The second-order valence-electron chi connectivity index (χ2n) is 8.52. The molecule has 2 unspecified atom stereocenters. The maximum atomic E-state index is 13.5. The molecule has 3 aliphatic heterocycles. The predicted octanol–water partition coefficient (Wildman–Crippen LogP) is 2.24. The number of amides is 4. The van der Waals surface area contributed by atoms with Crippen LogP contribution >= 0.6 is 0 Å². The molecule has 1 fully saturated rings. The number of hydrogen-bond donors (Lipinski definition) is 1. The van der Waals surface area contributed by atoms with Crippen molar-refractivity contribution in [3.8, 4) is 0 Å². The fraction of sp³-hybridized carbons (Fsp3) is 0.250. The Morgan fingerprint density at radius 1 is 1.09 bits per heavy atom. The number of benzene rings is 2. The molecule has 0 bridgehead atoms. The molecule has 168 valence electrons. The average molecular weight is 444 g/mol. The number of nitrogens with zero attached hydrogens (tertiary/aromatic N) is 5. The molecule has 0 aliphatic carbocycles. The Balaban J connectivity index is 1.46. The third-order valence-corrected chi connectivity index (χ3v) is 6.22. The molecule has 2 N–H and O–H groups in total. The highest BCUT2D eigenvalue weighted by atomic mass is 16.2. The Bertz CT molecular complexity index is 1240. The number of likely N-dealkylation sites (N-methyl/N-ethyl adjacent to an activating group) is 1. The molecule has 2 atom stereocenters. The minimum atomic E-state index is -0.641. The Morgan fingerprint density at radius 3 is 2.48 bits per heavy atom. The average Bonchev–Trinajstić information content (AvgIpc) is 3.30. The van der Waals surface area contributed by atoms with E-state index in [-0.39, 0.29) is 18.5 Å². The smallest absolute Gasteiger partial charge is 0.328 e. The molecule has 4 amide bonds. The first-order chi connectivity index (χ1) is 15.8. The Hall–Kier alpha value is -4.14. The molecule has 2 aromatic rings. The van der Waals surface area contributed by atoms with Crippen molar-refractivity contribution < 1.29 is 14.4 Å². The zero-order valence-electron chi connectivity index (χ0n) is 18.6. The highest BCUT2D eigenvalue weighted by molar-refractivity contribution is 6.10. The number of fused-ring (bicyclic) bond motifs is 3. The quantitative estimate of drug-likeness (QED) is 0.779. The molecule has 3 aliphatic rings. The summed E-state index contributed by atoms with van der Waals surface area (Å²) in [6, 6.07) is 13.6. The van der Waals surface area contributed by atoms with Crippen LogP contribution in [0.2, 0.25) is 0 Å². The number of carbonyl (C=O) groups excluding carboxylic acids is 3. The Labute approximate surface area is 191 Å². The van der Waals surface area contributed by atoms with Gasteiger partial charge in [-0.2, -0.15) is 0 Å². The summed E-state index contributed by atoms with van der Waals surface area (Å²) in [4.78, 5) is 49.3. The van der Waals surface area contributed by atoms with Crippen molar-refractivity contribution >= 4 is 29.5 Å². The van der Waals surface area contributed by atoms with Gasteiger partial charge in [-0.1, -0.05) is 29.8 Å². The van der Waals surface area contributed by atoms with E-state index in [1.807, 2.05) is 54.1 Å². The first kappa shape index (κ1) is 20.7. The molecule has 9 heteroatoms. The van der Waals surface area contributed by atoms with Crippen LogP contribution in [-0.4, -0.2) is 57.8 Å². The van der Waals surface area contributed by atoms with Gasteiger partial charge in [-0.25, -0.2) is 9.79 Å². The number of urea groups is 1. The van der Waals surface area contributed by atoms with E-state index >= 15 is 0 Å². The normalized spacial score (nSPS) is 21.8. The number of hydrogen-bond acceptors (Lipinski definition) is 6. The van der Waals surface area contributed by atoms with Crippen LogP contribution in [0.1, 0.15) is 28.4 Å². The molecule has 0 saturated carbocycles. The highest BCUT2D eigenvalue weighted by Gasteiger charge is 2.54. The number of nitrogens with two attached hydrogens (primary N) is 1. The molecular weight excluding hydrogens is 420 g/mol. The van der Waals surface area contributed by atoms with Crippen LogP contribution in [0.15, 0.2) is 65.4 Å². The number of carbonyl (C=O) groups is 3. The van der Waals surface area contributed by atoms with E-state index in [1.165, 1.54) is 9.80 Å². The maximum Gasteiger partial charge on any atom is 0.328 e. The fourth-order valence-electron chi connectivity index (χ4n) is 4.59. The van der Waals surface area contributed by atoms with E-state index in [0.29, 0.717) is 11.5 Å². The third-order valence-electron chi connectivity index (χ3n) is 6.22. The van der Waals surface area contributed by atoms with Gasteiger partial charge >= 0.3 is 6.03 Å². The number of imide groups is 1. The van der Waals surface area contributed by atoms with Crippen LogP contribution in [0.4, 0.5) is 10.5 Å². The molecule has 9 nitrogen and oxygen atoms in total. The molecule has 1 saturated heterocycles. The van der Waals surface area contributed by atoms with Gasteiger partial charge in [-0.3, -0.25) is 19.4 Å². The lowest BCUT2D eigenvalue weighted by Gasteiger charge is -2.40. The number of rotatable bonds is 4. The first-order valence-corrected chi connectivity index (χ1v) is 10.6. The van der Waals surface area contributed by atoms with Gasteiger partial charge in [0.2, 0.25) is 11.9 Å². The largest absolute Gasteiger partial charge is 0.366 e. The summed E-state index contributed by atoms with van der Waals surface area (Å²) < 4.78 is 0. The molecule has 2 aromatic carbocycles. The van der Waals surface area contributed by atoms with E-state index < -0.39 is 18.1 Å². The lowest BCUT2D eigenvalue weighted by molar-refractivity contribution is -0.137. The minimum Gasteiger partial charge on any atom is -0.366 e. The van der Waals surface area contributed by atoms with Crippen LogP contribution in [0, 0.1) is 6.92 Å². The summed E-state index contributed by atoms with van der Waals surface area (Å²) in [5, 5.41) is 0. The second-order valence-corrected chi connectivity index (χ2v) is 8.52. The summed E-state index contributed by atoms with van der Waals surface area (Å²) in [6.07, 6.45) is 1.25. The van der Waals surface area contributed by atoms with Crippen molar-refractivity contribution in [1.82, 2.24) is 14.7 Å². The summed E-state index contributed by atoms with van der Waals surface area (Å²) in [7, 11) is 1.67. The molecule has 0 radical (unpaired) electrons. The molecular formula is C24H24N6O3.